The van der Waals surface area contributed by atoms with Crippen molar-refractivity contribution in [3.05, 3.63) is 0 Å². The van der Waals surface area contributed by atoms with Gasteiger partial charge in [0.15, 0.2) is 0 Å². The summed E-state index contributed by atoms with van der Waals surface area (Å²) in [6.07, 6.45) is 2.01. The zero-order valence-corrected chi connectivity index (χ0v) is 7.08. The standard InChI is InChI=1S/C8H16N2O/c1-8-9-4-2-5-10(8)6-3-7-11/h11H,2-7H2,1H3. The van der Waals surface area contributed by atoms with Crippen molar-refractivity contribution in [1.82, 2.24) is 4.90 Å². The molecular weight excluding hydrogens is 140 g/mol. The van der Waals surface area contributed by atoms with Crippen molar-refractivity contribution < 1.29 is 5.11 Å². The molecule has 0 aromatic carbocycles. The molecule has 0 fully saturated rings. The van der Waals surface area contributed by atoms with Gasteiger partial charge in [-0.3, -0.25) is 4.99 Å². The largest absolute Gasteiger partial charge is 0.396 e. The lowest BCUT2D eigenvalue weighted by molar-refractivity contribution is 0.263. The molecule has 0 amide bonds. The second kappa shape index (κ2) is 4.34. The fraction of sp³-hybridized carbons (Fsp3) is 0.875. The van der Waals surface area contributed by atoms with E-state index in [9.17, 15) is 0 Å². The molecule has 1 N–H and O–H groups in total. The van der Waals surface area contributed by atoms with Crippen LogP contribution >= 0.6 is 0 Å². The predicted molar refractivity (Wildman–Crippen MR) is 45.9 cm³/mol. The summed E-state index contributed by atoms with van der Waals surface area (Å²) in [5, 5.41) is 8.62. The zero-order chi connectivity index (χ0) is 8.10. The second-order valence-electron chi connectivity index (χ2n) is 2.85. The van der Waals surface area contributed by atoms with Crippen LogP contribution in [0.3, 0.4) is 0 Å². The van der Waals surface area contributed by atoms with Crippen LogP contribution in [0.2, 0.25) is 0 Å². The van der Waals surface area contributed by atoms with Gasteiger partial charge >= 0.3 is 0 Å². The summed E-state index contributed by atoms with van der Waals surface area (Å²) >= 11 is 0. The highest BCUT2D eigenvalue weighted by Gasteiger charge is 2.09. The fourth-order valence-electron chi connectivity index (χ4n) is 1.30. The van der Waals surface area contributed by atoms with Crippen LogP contribution in [0.15, 0.2) is 4.99 Å². The number of aliphatic imine (C=N–C) groups is 1. The molecule has 1 rings (SSSR count). The molecule has 11 heavy (non-hydrogen) atoms. The van der Waals surface area contributed by atoms with Gasteiger partial charge in [-0.15, -0.1) is 0 Å². The number of amidine groups is 1. The molecule has 0 spiro atoms. The zero-order valence-electron chi connectivity index (χ0n) is 7.08. The van der Waals surface area contributed by atoms with Crippen LogP contribution < -0.4 is 0 Å². The van der Waals surface area contributed by atoms with Gasteiger partial charge in [0.2, 0.25) is 0 Å². The Bertz CT molecular complexity index is 145. The first-order chi connectivity index (χ1) is 5.34. The fourth-order valence-corrected chi connectivity index (χ4v) is 1.30. The van der Waals surface area contributed by atoms with Crippen LogP contribution in [-0.4, -0.2) is 42.1 Å². The maximum Gasteiger partial charge on any atom is 0.0957 e. The summed E-state index contributed by atoms with van der Waals surface area (Å²) in [5.74, 6) is 1.13. The van der Waals surface area contributed by atoms with E-state index in [-0.39, 0.29) is 6.61 Å². The van der Waals surface area contributed by atoms with Crippen molar-refractivity contribution in [1.29, 1.82) is 0 Å². The van der Waals surface area contributed by atoms with Crippen molar-refractivity contribution in [3.8, 4) is 0 Å². The highest BCUT2D eigenvalue weighted by molar-refractivity contribution is 5.80. The number of aliphatic hydroxyl groups is 1. The Morgan fingerprint density at radius 1 is 1.64 bits per heavy atom. The molecule has 3 nitrogen and oxygen atoms in total. The Labute approximate surface area is 67.7 Å². The molecule has 0 unspecified atom stereocenters. The monoisotopic (exact) mass is 156 g/mol. The molecule has 0 atom stereocenters. The molecule has 0 saturated carbocycles. The Morgan fingerprint density at radius 3 is 3.09 bits per heavy atom. The molecule has 0 bridgehead atoms. The van der Waals surface area contributed by atoms with E-state index < -0.39 is 0 Å². The van der Waals surface area contributed by atoms with Crippen molar-refractivity contribution >= 4 is 5.84 Å². The van der Waals surface area contributed by atoms with E-state index in [1.54, 1.807) is 0 Å². The average molecular weight is 156 g/mol. The number of hydrogen-bond acceptors (Lipinski definition) is 3. The lowest BCUT2D eigenvalue weighted by Crippen LogP contribution is -2.34. The quantitative estimate of drug-likeness (QED) is 0.645. The van der Waals surface area contributed by atoms with Gasteiger partial charge in [-0.1, -0.05) is 0 Å². The Morgan fingerprint density at radius 2 is 2.45 bits per heavy atom. The Balaban J connectivity index is 2.31. The molecule has 64 valence electrons. The van der Waals surface area contributed by atoms with Crippen LogP contribution in [0.1, 0.15) is 19.8 Å². The van der Waals surface area contributed by atoms with E-state index in [1.807, 2.05) is 6.92 Å². The van der Waals surface area contributed by atoms with Crippen molar-refractivity contribution in [2.45, 2.75) is 19.8 Å². The van der Waals surface area contributed by atoms with E-state index in [0.29, 0.717) is 0 Å². The first-order valence-corrected chi connectivity index (χ1v) is 4.21. The van der Waals surface area contributed by atoms with Crippen molar-refractivity contribution in [3.63, 3.8) is 0 Å². The highest BCUT2D eigenvalue weighted by Crippen LogP contribution is 2.02. The molecule has 0 aromatic heterocycles. The summed E-state index contributed by atoms with van der Waals surface area (Å²) in [7, 11) is 0. The molecule has 0 radical (unpaired) electrons. The molecule has 1 heterocycles. The van der Waals surface area contributed by atoms with Gasteiger partial charge in [-0.2, -0.15) is 0 Å². The SMILES string of the molecule is CC1=NCCCN1CCCO. The van der Waals surface area contributed by atoms with Gasteiger partial charge < -0.3 is 10.0 Å². The molecule has 0 aliphatic carbocycles. The summed E-state index contributed by atoms with van der Waals surface area (Å²) < 4.78 is 0. The normalized spacial score (nSPS) is 18.4. The number of nitrogens with zero attached hydrogens (tertiary/aromatic N) is 2. The third-order valence-electron chi connectivity index (χ3n) is 1.97. The molecule has 0 saturated heterocycles. The van der Waals surface area contributed by atoms with Crippen molar-refractivity contribution in [2.24, 2.45) is 4.99 Å². The van der Waals surface area contributed by atoms with Crippen LogP contribution in [0, 0.1) is 0 Å². The van der Waals surface area contributed by atoms with Crippen LogP contribution in [0.4, 0.5) is 0 Å². The Hall–Kier alpha value is -0.570. The maximum absolute atomic E-state index is 8.62. The van der Waals surface area contributed by atoms with E-state index >= 15 is 0 Å². The van der Waals surface area contributed by atoms with Gasteiger partial charge in [0.25, 0.3) is 0 Å². The van der Waals surface area contributed by atoms with E-state index in [4.69, 9.17) is 5.11 Å². The Kier molecular flexibility index (Phi) is 3.36. The average Bonchev–Trinajstić information content (AvgIpc) is 2.03. The summed E-state index contributed by atoms with van der Waals surface area (Å²) in [6, 6.07) is 0. The predicted octanol–water partition coefficient (Wildman–Crippen LogP) is 0.493. The molecule has 0 aromatic rings. The van der Waals surface area contributed by atoms with Crippen LogP contribution in [0.5, 0.6) is 0 Å². The second-order valence-corrected chi connectivity index (χ2v) is 2.85. The molecule has 1 aliphatic heterocycles. The van der Waals surface area contributed by atoms with Gasteiger partial charge in [-0.25, -0.2) is 0 Å². The van der Waals surface area contributed by atoms with E-state index in [1.165, 1.54) is 0 Å². The third-order valence-corrected chi connectivity index (χ3v) is 1.97. The van der Waals surface area contributed by atoms with E-state index in [0.717, 1.165) is 38.3 Å². The van der Waals surface area contributed by atoms with E-state index in [2.05, 4.69) is 9.89 Å². The summed E-state index contributed by atoms with van der Waals surface area (Å²) in [4.78, 5) is 6.56. The van der Waals surface area contributed by atoms with Crippen LogP contribution in [-0.2, 0) is 0 Å². The van der Waals surface area contributed by atoms with Gasteiger partial charge in [0.1, 0.15) is 0 Å². The number of hydrogen-bond donors (Lipinski definition) is 1. The van der Waals surface area contributed by atoms with Gasteiger partial charge in [0, 0.05) is 26.2 Å². The lowest BCUT2D eigenvalue weighted by Gasteiger charge is -2.27. The lowest BCUT2D eigenvalue weighted by atomic mass is 10.3. The van der Waals surface area contributed by atoms with Gasteiger partial charge in [0.05, 0.1) is 5.84 Å². The minimum Gasteiger partial charge on any atom is -0.396 e. The van der Waals surface area contributed by atoms with Gasteiger partial charge in [-0.05, 0) is 19.8 Å². The topological polar surface area (TPSA) is 35.8 Å². The number of rotatable bonds is 3. The molecule has 3 heteroatoms. The summed E-state index contributed by atoms with van der Waals surface area (Å²) in [6.45, 7) is 5.35. The van der Waals surface area contributed by atoms with Crippen LogP contribution in [0.25, 0.3) is 0 Å². The molecule has 1 aliphatic rings. The number of aliphatic hydroxyl groups excluding tert-OH is 1. The first kappa shape index (κ1) is 8.53. The third kappa shape index (κ3) is 2.50. The minimum absolute atomic E-state index is 0.282. The smallest absolute Gasteiger partial charge is 0.0957 e. The molecular formula is C8H16N2O. The van der Waals surface area contributed by atoms with Crippen molar-refractivity contribution in [2.75, 3.05) is 26.2 Å². The summed E-state index contributed by atoms with van der Waals surface area (Å²) in [5.41, 5.74) is 0. The first-order valence-electron chi connectivity index (χ1n) is 4.21. The minimum atomic E-state index is 0.282. The highest BCUT2D eigenvalue weighted by atomic mass is 16.3. The maximum atomic E-state index is 8.62.